The van der Waals surface area contributed by atoms with Crippen LogP contribution in [0.25, 0.3) is 0 Å². The fourth-order valence-electron chi connectivity index (χ4n) is 2.56. The molecule has 0 radical (unpaired) electrons. The third-order valence-corrected chi connectivity index (χ3v) is 4.34. The van der Waals surface area contributed by atoms with Gasteiger partial charge < -0.3 is 19.9 Å². The molecule has 1 amide bonds. The summed E-state index contributed by atoms with van der Waals surface area (Å²) in [6.45, 7) is 1.78. The molecule has 0 spiro atoms. The Kier molecular flexibility index (Phi) is 8.48. The zero-order valence-electron chi connectivity index (χ0n) is 15.8. The number of alkyl carbamates (subject to hydrolysis) is 1. The highest BCUT2D eigenvalue weighted by atomic mass is 35.5. The molecule has 0 aliphatic carbocycles. The SMILES string of the molecule is CCC(OC(=O)NCCC(C(=O)O)c1ccc(Cl)cc1)OC(=O)c1ccccc1. The highest BCUT2D eigenvalue weighted by molar-refractivity contribution is 6.30. The van der Waals surface area contributed by atoms with Gasteiger partial charge in [0.25, 0.3) is 0 Å². The zero-order valence-corrected chi connectivity index (χ0v) is 16.6. The molecule has 0 fully saturated rings. The van der Waals surface area contributed by atoms with Gasteiger partial charge in [-0.15, -0.1) is 0 Å². The van der Waals surface area contributed by atoms with Crippen LogP contribution in [0.4, 0.5) is 4.79 Å². The summed E-state index contributed by atoms with van der Waals surface area (Å²) >= 11 is 5.82. The summed E-state index contributed by atoms with van der Waals surface area (Å²) < 4.78 is 10.3. The van der Waals surface area contributed by atoms with E-state index < -0.39 is 30.2 Å². The van der Waals surface area contributed by atoms with Gasteiger partial charge >= 0.3 is 18.0 Å². The molecule has 0 aliphatic rings. The van der Waals surface area contributed by atoms with E-state index in [-0.39, 0.29) is 19.4 Å². The smallest absolute Gasteiger partial charge is 0.410 e. The zero-order chi connectivity index (χ0) is 21.2. The van der Waals surface area contributed by atoms with Crippen LogP contribution in [0.2, 0.25) is 5.02 Å². The fourth-order valence-corrected chi connectivity index (χ4v) is 2.69. The standard InChI is InChI=1S/C21H22ClNO6/c1-2-18(28-20(26)15-6-4-3-5-7-15)29-21(27)23-13-12-17(19(24)25)14-8-10-16(22)11-9-14/h3-11,17-18H,2,12-13H2,1H3,(H,23,27)(H,24,25). The third kappa shape index (κ3) is 7.12. The molecule has 2 N–H and O–H groups in total. The van der Waals surface area contributed by atoms with Crippen molar-refractivity contribution in [2.45, 2.75) is 32.0 Å². The van der Waals surface area contributed by atoms with Crippen LogP contribution in [0.15, 0.2) is 54.6 Å². The number of aliphatic carboxylic acids is 1. The fraction of sp³-hybridized carbons (Fsp3) is 0.286. The van der Waals surface area contributed by atoms with E-state index >= 15 is 0 Å². The van der Waals surface area contributed by atoms with Crippen LogP contribution in [0, 0.1) is 0 Å². The first-order chi connectivity index (χ1) is 13.9. The first-order valence-corrected chi connectivity index (χ1v) is 9.47. The summed E-state index contributed by atoms with van der Waals surface area (Å²) in [5, 5.41) is 12.4. The Bertz CT molecular complexity index is 825. The minimum atomic E-state index is -1.05. The molecule has 7 nitrogen and oxygen atoms in total. The maximum atomic E-state index is 12.0. The summed E-state index contributed by atoms with van der Waals surface area (Å²) in [5.74, 6) is -2.41. The second-order valence-corrected chi connectivity index (χ2v) is 6.61. The number of carboxylic acids is 1. The van der Waals surface area contributed by atoms with E-state index in [9.17, 15) is 19.5 Å². The lowest BCUT2D eigenvalue weighted by molar-refractivity contribution is -0.139. The molecular formula is C21H22ClNO6. The molecule has 29 heavy (non-hydrogen) atoms. The predicted molar refractivity (Wildman–Crippen MR) is 107 cm³/mol. The summed E-state index contributed by atoms with van der Waals surface area (Å²) in [5.41, 5.74) is 0.933. The van der Waals surface area contributed by atoms with Crippen molar-refractivity contribution in [2.24, 2.45) is 0 Å². The van der Waals surface area contributed by atoms with Crippen LogP contribution in [-0.4, -0.2) is 36.0 Å². The van der Waals surface area contributed by atoms with Crippen molar-refractivity contribution in [1.82, 2.24) is 5.32 Å². The molecule has 2 rings (SSSR count). The number of hydrogen-bond acceptors (Lipinski definition) is 5. The second-order valence-electron chi connectivity index (χ2n) is 6.17. The number of amides is 1. The van der Waals surface area contributed by atoms with Gasteiger partial charge in [-0.1, -0.05) is 48.9 Å². The van der Waals surface area contributed by atoms with E-state index in [2.05, 4.69) is 5.32 Å². The van der Waals surface area contributed by atoms with Gasteiger partial charge in [0.05, 0.1) is 11.5 Å². The highest BCUT2D eigenvalue weighted by Gasteiger charge is 2.21. The first-order valence-electron chi connectivity index (χ1n) is 9.09. The molecule has 0 saturated carbocycles. The van der Waals surface area contributed by atoms with Crippen LogP contribution >= 0.6 is 11.6 Å². The van der Waals surface area contributed by atoms with E-state index in [1.807, 2.05) is 0 Å². The van der Waals surface area contributed by atoms with Crippen molar-refractivity contribution in [3.63, 3.8) is 0 Å². The maximum absolute atomic E-state index is 12.0. The highest BCUT2D eigenvalue weighted by Crippen LogP contribution is 2.21. The molecule has 0 saturated heterocycles. The monoisotopic (exact) mass is 419 g/mol. The average Bonchev–Trinajstić information content (AvgIpc) is 2.72. The van der Waals surface area contributed by atoms with E-state index in [0.29, 0.717) is 16.1 Å². The normalized spacial score (nSPS) is 12.5. The summed E-state index contributed by atoms with van der Waals surface area (Å²) in [4.78, 5) is 35.5. The number of halogens is 1. The predicted octanol–water partition coefficient (Wildman–Crippen LogP) is 4.22. The maximum Gasteiger partial charge on any atom is 0.410 e. The quantitative estimate of drug-likeness (QED) is 0.466. The molecule has 0 heterocycles. The average molecular weight is 420 g/mol. The van der Waals surface area contributed by atoms with Crippen LogP contribution in [0.5, 0.6) is 0 Å². The van der Waals surface area contributed by atoms with Crippen molar-refractivity contribution in [2.75, 3.05) is 6.54 Å². The number of nitrogens with one attached hydrogen (secondary N) is 1. The van der Waals surface area contributed by atoms with Gasteiger partial charge in [0.1, 0.15) is 0 Å². The minimum absolute atomic E-state index is 0.0709. The van der Waals surface area contributed by atoms with Gasteiger partial charge in [-0.3, -0.25) is 4.79 Å². The lowest BCUT2D eigenvalue weighted by Gasteiger charge is -2.18. The van der Waals surface area contributed by atoms with Gasteiger partial charge in [0.15, 0.2) is 0 Å². The Morgan fingerprint density at radius 2 is 1.69 bits per heavy atom. The first kappa shape index (κ1) is 22.2. The minimum Gasteiger partial charge on any atom is -0.481 e. The molecule has 154 valence electrons. The number of esters is 1. The van der Waals surface area contributed by atoms with E-state index in [1.165, 1.54) is 0 Å². The molecule has 0 aliphatic heterocycles. The van der Waals surface area contributed by atoms with E-state index in [1.54, 1.807) is 61.5 Å². The van der Waals surface area contributed by atoms with Gasteiger partial charge in [-0.05, 0) is 36.2 Å². The summed E-state index contributed by atoms with van der Waals surface area (Å²) in [6, 6.07) is 14.9. The molecule has 8 heteroatoms. The number of hydrogen-bond donors (Lipinski definition) is 2. The van der Waals surface area contributed by atoms with Gasteiger partial charge in [-0.25, -0.2) is 9.59 Å². The van der Waals surface area contributed by atoms with Gasteiger partial charge in [0.2, 0.25) is 6.29 Å². The number of rotatable bonds is 9. The van der Waals surface area contributed by atoms with Gasteiger partial charge in [-0.2, -0.15) is 0 Å². The van der Waals surface area contributed by atoms with Crippen molar-refractivity contribution >= 4 is 29.6 Å². The summed E-state index contributed by atoms with van der Waals surface area (Å²) in [6.07, 6.45) is -1.41. The van der Waals surface area contributed by atoms with E-state index in [4.69, 9.17) is 21.1 Å². The van der Waals surface area contributed by atoms with Crippen LogP contribution in [0.3, 0.4) is 0 Å². The Hall–Kier alpha value is -3.06. The summed E-state index contributed by atoms with van der Waals surface area (Å²) in [7, 11) is 0. The van der Waals surface area contributed by atoms with Crippen molar-refractivity contribution < 1.29 is 29.0 Å². The van der Waals surface area contributed by atoms with Crippen LogP contribution in [0.1, 0.15) is 41.6 Å². The van der Waals surface area contributed by atoms with Crippen LogP contribution in [-0.2, 0) is 14.3 Å². The lowest BCUT2D eigenvalue weighted by atomic mass is 9.96. The van der Waals surface area contributed by atoms with Gasteiger partial charge in [0, 0.05) is 18.0 Å². The van der Waals surface area contributed by atoms with Crippen LogP contribution < -0.4 is 5.32 Å². The lowest BCUT2D eigenvalue weighted by Crippen LogP contribution is -2.33. The van der Waals surface area contributed by atoms with Crippen molar-refractivity contribution in [3.8, 4) is 0 Å². The Balaban J connectivity index is 1.83. The Labute approximate surface area is 173 Å². The molecule has 2 atom stereocenters. The Morgan fingerprint density at radius 1 is 1.03 bits per heavy atom. The van der Waals surface area contributed by atoms with Crippen molar-refractivity contribution in [3.05, 3.63) is 70.7 Å². The molecule has 2 unspecified atom stereocenters. The molecule has 0 aromatic heterocycles. The number of carboxylic acid groups (broad SMARTS) is 1. The largest absolute Gasteiger partial charge is 0.481 e. The van der Waals surface area contributed by atoms with Crippen molar-refractivity contribution in [1.29, 1.82) is 0 Å². The molecular weight excluding hydrogens is 398 g/mol. The molecule has 2 aromatic rings. The number of carbonyl (C=O) groups is 3. The molecule has 0 bridgehead atoms. The molecule has 2 aromatic carbocycles. The number of benzene rings is 2. The third-order valence-electron chi connectivity index (χ3n) is 4.09. The van der Waals surface area contributed by atoms with E-state index in [0.717, 1.165) is 0 Å². The number of ether oxygens (including phenoxy) is 2. The number of carbonyl (C=O) groups excluding carboxylic acids is 2. The Morgan fingerprint density at radius 3 is 2.28 bits per heavy atom. The second kappa shape index (κ2) is 11.1. The topological polar surface area (TPSA) is 102 Å².